The van der Waals surface area contributed by atoms with Gasteiger partial charge in [-0.05, 0) is 39.2 Å². The Morgan fingerprint density at radius 1 is 1.19 bits per heavy atom. The van der Waals surface area contributed by atoms with E-state index in [4.69, 9.17) is 9.31 Å². The number of rotatable bonds is 4. The third-order valence-corrected chi connectivity index (χ3v) is 4.77. The SMILES string of the molecule is CC(=O)NCC(=Cc1cccc(C(F)(F)F)c1F)B1OC(C)(C)C(C)(C)O1. The Labute approximate surface area is 156 Å². The summed E-state index contributed by atoms with van der Waals surface area (Å²) in [6.45, 7) is 8.50. The number of hydrogen-bond acceptors (Lipinski definition) is 3. The van der Waals surface area contributed by atoms with Gasteiger partial charge in [-0.3, -0.25) is 4.79 Å². The van der Waals surface area contributed by atoms with Crippen LogP contribution >= 0.6 is 0 Å². The van der Waals surface area contributed by atoms with Crippen LogP contribution < -0.4 is 5.32 Å². The highest BCUT2D eigenvalue weighted by molar-refractivity contribution is 6.56. The minimum Gasteiger partial charge on any atom is -0.400 e. The molecule has 0 atom stereocenters. The second-order valence-corrected chi connectivity index (χ2v) is 7.42. The minimum atomic E-state index is -4.81. The molecule has 1 aromatic carbocycles. The maximum atomic E-state index is 14.4. The fraction of sp³-hybridized carbons (Fsp3) is 0.500. The molecule has 0 radical (unpaired) electrons. The first-order chi connectivity index (χ1) is 12.2. The van der Waals surface area contributed by atoms with E-state index in [9.17, 15) is 22.4 Å². The summed E-state index contributed by atoms with van der Waals surface area (Å²) < 4.78 is 65.0. The summed E-state index contributed by atoms with van der Waals surface area (Å²) in [4.78, 5) is 11.3. The van der Waals surface area contributed by atoms with Crippen LogP contribution in [0.4, 0.5) is 17.6 Å². The van der Waals surface area contributed by atoms with Crippen molar-refractivity contribution < 1.29 is 31.7 Å². The number of benzene rings is 1. The van der Waals surface area contributed by atoms with E-state index in [1.54, 1.807) is 0 Å². The highest BCUT2D eigenvalue weighted by Crippen LogP contribution is 2.39. The van der Waals surface area contributed by atoms with Crippen molar-refractivity contribution in [3.8, 4) is 0 Å². The van der Waals surface area contributed by atoms with E-state index in [2.05, 4.69) is 5.32 Å². The molecule has 1 fully saturated rings. The molecule has 27 heavy (non-hydrogen) atoms. The highest BCUT2D eigenvalue weighted by atomic mass is 19.4. The maximum Gasteiger partial charge on any atom is 0.492 e. The van der Waals surface area contributed by atoms with Crippen LogP contribution in [0.5, 0.6) is 0 Å². The second-order valence-electron chi connectivity index (χ2n) is 7.42. The number of amides is 1. The molecule has 0 aromatic heterocycles. The van der Waals surface area contributed by atoms with E-state index in [-0.39, 0.29) is 18.0 Å². The lowest BCUT2D eigenvalue weighted by Crippen LogP contribution is -2.41. The summed E-state index contributed by atoms with van der Waals surface area (Å²) in [7, 11) is -0.934. The van der Waals surface area contributed by atoms with E-state index in [0.29, 0.717) is 11.5 Å². The number of nitrogens with one attached hydrogen (secondary N) is 1. The summed E-state index contributed by atoms with van der Waals surface area (Å²) >= 11 is 0. The predicted octanol–water partition coefficient (Wildman–Crippen LogP) is 4.00. The van der Waals surface area contributed by atoms with E-state index in [1.165, 1.54) is 19.1 Å². The van der Waals surface area contributed by atoms with Crippen LogP contribution in [0, 0.1) is 5.82 Å². The lowest BCUT2D eigenvalue weighted by molar-refractivity contribution is -0.140. The molecule has 1 saturated heterocycles. The Morgan fingerprint density at radius 2 is 1.74 bits per heavy atom. The molecule has 148 valence electrons. The van der Waals surface area contributed by atoms with E-state index in [1.807, 2.05) is 27.7 Å². The predicted molar refractivity (Wildman–Crippen MR) is 94.1 cm³/mol. The van der Waals surface area contributed by atoms with Crippen LogP contribution in [0.25, 0.3) is 6.08 Å². The fourth-order valence-corrected chi connectivity index (χ4v) is 2.50. The molecule has 0 saturated carbocycles. The van der Waals surface area contributed by atoms with Crippen molar-refractivity contribution in [3.05, 3.63) is 40.6 Å². The molecule has 1 aliphatic rings. The number of halogens is 4. The van der Waals surface area contributed by atoms with Gasteiger partial charge in [-0.25, -0.2) is 4.39 Å². The van der Waals surface area contributed by atoms with Gasteiger partial charge in [-0.15, -0.1) is 0 Å². The molecule has 1 aliphatic heterocycles. The van der Waals surface area contributed by atoms with Crippen molar-refractivity contribution in [2.45, 2.75) is 52.0 Å². The number of carbonyl (C=O) groups is 1. The van der Waals surface area contributed by atoms with Gasteiger partial charge in [0, 0.05) is 19.0 Å². The zero-order valence-electron chi connectivity index (χ0n) is 15.8. The van der Waals surface area contributed by atoms with Crippen molar-refractivity contribution in [3.63, 3.8) is 0 Å². The van der Waals surface area contributed by atoms with E-state index < -0.39 is 35.9 Å². The molecule has 4 nitrogen and oxygen atoms in total. The first-order valence-corrected chi connectivity index (χ1v) is 8.41. The molecule has 1 N–H and O–H groups in total. The quantitative estimate of drug-likeness (QED) is 0.628. The average Bonchev–Trinajstić information content (AvgIpc) is 2.71. The van der Waals surface area contributed by atoms with Crippen LogP contribution in [0.1, 0.15) is 45.7 Å². The molecule has 2 rings (SSSR count). The zero-order valence-corrected chi connectivity index (χ0v) is 15.8. The van der Waals surface area contributed by atoms with Gasteiger partial charge in [0.25, 0.3) is 0 Å². The molecule has 0 unspecified atom stereocenters. The third kappa shape index (κ3) is 4.70. The van der Waals surface area contributed by atoms with Crippen molar-refractivity contribution in [1.82, 2.24) is 5.32 Å². The summed E-state index contributed by atoms with van der Waals surface area (Å²) in [5, 5.41) is 2.55. The van der Waals surface area contributed by atoms with Gasteiger partial charge in [0.15, 0.2) is 0 Å². The van der Waals surface area contributed by atoms with Crippen LogP contribution in [-0.4, -0.2) is 30.8 Å². The zero-order chi connectivity index (χ0) is 20.6. The number of carbonyl (C=O) groups excluding carboxylic acids is 1. The van der Waals surface area contributed by atoms with E-state index >= 15 is 0 Å². The lowest BCUT2D eigenvalue weighted by Gasteiger charge is -2.32. The first kappa shape index (κ1) is 21.4. The van der Waals surface area contributed by atoms with Gasteiger partial charge >= 0.3 is 13.3 Å². The van der Waals surface area contributed by atoms with Gasteiger partial charge < -0.3 is 14.6 Å². The highest BCUT2D eigenvalue weighted by Gasteiger charge is 2.52. The number of hydrogen-bond donors (Lipinski definition) is 1. The Kier molecular flexibility index (Phi) is 5.78. The molecular formula is C18H22BF4NO3. The van der Waals surface area contributed by atoms with Gasteiger partial charge in [0.1, 0.15) is 5.82 Å². The third-order valence-electron chi connectivity index (χ3n) is 4.77. The fourth-order valence-electron chi connectivity index (χ4n) is 2.50. The van der Waals surface area contributed by atoms with Gasteiger partial charge in [0.2, 0.25) is 5.91 Å². The Balaban J connectivity index is 2.45. The Bertz CT molecular complexity index is 743. The first-order valence-electron chi connectivity index (χ1n) is 8.41. The largest absolute Gasteiger partial charge is 0.492 e. The lowest BCUT2D eigenvalue weighted by atomic mass is 9.76. The summed E-state index contributed by atoms with van der Waals surface area (Å²) in [6.07, 6.45) is -3.58. The van der Waals surface area contributed by atoms with Crippen molar-refractivity contribution in [1.29, 1.82) is 0 Å². The topological polar surface area (TPSA) is 47.6 Å². The molecule has 1 aromatic rings. The van der Waals surface area contributed by atoms with Crippen LogP contribution in [0.15, 0.2) is 23.7 Å². The van der Waals surface area contributed by atoms with Gasteiger partial charge in [-0.2, -0.15) is 13.2 Å². The van der Waals surface area contributed by atoms with Crippen molar-refractivity contribution >= 4 is 19.1 Å². The summed E-state index contributed by atoms with van der Waals surface area (Å²) in [5.41, 5.74) is -2.70. The Hall–Kier alpha value is -1.87. The maximum absolute atomic E-state index is 14.4. The van der Waals surface area contributed by atoms with Gasteiger partial charge in [-0.1, -0.05) is 18.2 Å². The van der Waals surface area contributed by atoms with Crippen LogP contribution in [0.2, 0.25) is 0 Å². The molecule has 1 heterocycles. The molecule has 0 spiro atoms. The standard InChI is InChI=1S/C18H22BF4NO3/c1-11(25)24-10-13(19-26-16(2,3)17(4,5)27-19)9-12-7-6-8-14(15(12)20)18(21,22)23/h6-9H,10H2,1-5H3,(H,24,25). The Morgan fingerprint density at radius 3 is 2.22 bits per heavy atom. The van der Waals surface area contributed by atoms with Crippen molar-refractivity contribution in [2.24, 2.45) is 0 Å². The van der Waals surface area contributed by atoms with Gasteiger partial charge in [0.05, 0.1) is 16.8 Å². The minimum absolute atomic E-state index is 0.0537. The van der Waals surface area contributed by atoms with Crippen molar-refractivity contribution in [2.75, 3.05) is 6.54 Å². The van der Waals surface area contributed by atoms with Crippen LogP contribution in [-0.2, 0) is 20.3 Å². The second kappa shape index (κ2) is 7.28. The molecule has 0 aliphatic carbocycles. The average molecular weight is 387 g/mol. The monoisotopic (exact) mass is 387 g/mol. The van der Waals surface area contributed by atoms with E-state index in [0.717, 1.165) is 6.07 Å². The van der Waals surface area contributed by atoms with Crippen LogP contribution in [0.3, 0.4) is 0 Å². The molecule has 1 amide bonds. The smallest absolute Gasteiger partial charge is 0.400 e. The number of alkyl halides is 3. The molecule has 9 heteroatoms. The summed E-state index contributed by atoms with van der Waals surface area (Å²) in [5.74, 6) is -1.73. The normalized spacial score (nSPS) is 19.3. The molecule has 0 bridgehead atoms. The molecular weight excluding hydrogens is 365 g/mol. The summed E-state index contributed by atoms with van der Waals surface area (Å²) in [6, 6.07) is 3.02.